The summed E-state index contributed by atoms with van der Waals surface area (Å²) >= 11 is 0. The first kappa shape index (κ1) is 9.09. The fourth-order valence-corrected chi connectivity index (χ4v) is 1.77. The van der Waals surface area contributed by atoms with Crippen LogP contribution in [-0.4, -0.2) is 0 Å². The van der Waals surface area contributed by atoms with Crippen LogP contribution in [0.15, 0.2) is 0 Å². The van der Waals surface area contributed by atoms with Crippen LogP contribution in [0.2, 0.25) is 0 Å². The quantitative estimate of drug-likeness (QED) is 0.577. The summed E-state index contributed by atoms with van der Waals surface area (Å²) in [6.45, 7) is 9.50. The first-order valence-electron chi connectivity index (χ1n) is 5.08. The summed E-state index contributed by atoms with van der Waals surface area (Å²) in [7, 11) is 0. The molecule has 1 aliphatic rings. The smallest absolute Gasteiger partial charge is 0.0297 e. The van der Waals surface area contributed by atoms with Crippen molar-refractivity contribution in [1.82, 2.24) is 0 Å². The number of rotatable bonds is 4. The molecule has 0 bridgehead atoms. The monoisotopic (exact) mass is 154 g/mol. The molecule has 0 amide bonds. The predicted molar refractivity (Wildman–Crippen MR) is 50.6 cm³/mol. The highest BCUT2D eigenvalue weighted by Crippen LogP contribution is 2.55. The van der Waals surface area contributed by atoms with Crippen LogP contribution in [-0.2, 0) is 0 Å². The van der Waals surface area contributed by atoms with E-state index >= 15 is 0 Å². The van der Waals surface area contributed by atoms with E-state index in [-0.39, 0.29) is 0 Å². The summed E-state index contributed by atoms with van der Waals surface area (Å²) in [6, 6.07) is 0. The lowest BCUT2D eigenvalue weighted by molar-refractivity contribution is 0.390. The molecule has 0 spiro atoms. The van der Waals surface area contributed by atoms with Gasteiger partial charge in [0.2, 0.25) is 0 Å². The second-order valence-electron chi connectivity index (χ2n) is 4.81. The lowest BCUT2D eigenvalue weighted by Gasteiger charge is -2.13. The molecular weight excluding hydrogens is 132 g/mol. The van der Waals surface area contributed by atoms with Gasteiger partial charge in [-0.25, -0.2) is 0 Å². The maximum atomic E-state index is 2.44. The molecule has 11 heavy (non-hydrogen) atoms. The van der Waals surface area contributed by atoms with Crippen LogP contribution in [0.25, 0.3) is 0 Å². The van der Waals surface area contributed by atoms with Gasteiger partial charge in [0, 0.05) is 0 Å². The van der Waals surface area contributed by atoms with Gasteiger partial charge in [0.05, 0.1) is 0 Å². The molecule has 1 aliphatic carbocycles. The first-order chi connectivity index (χ1) is 5.08. The van der Waals surface area contributed by atoms with Gasteiger partial charge in [-0.2, -0.15) is 0 Å². The molecule has 1 saturated carbocycles. The van der Waals surface area contributed by atoms with Crippen LogP contribution in [0, 0.1) is 17.3 Å². The topological polar surface area (TPSA) is 0 Å². The van der Waals surface area contributed by atoms with Crippen LogP contribution in [0.4, 0.5) is 0 Å². The van der Waals surface area contributed by atoms with E-state index in [9.17, 15) is 0 Å². The first-order valence-corrected chi connectivity index (χ1v) is 5.08. The Bertz CT molecular complexity index is 128. The average molecular weight is 154 g/mol. The van der Waals surface area contributed by atoms with Gasteiger partial charge in [-0.3, -0.25) is 0 Å². The zero-order valence-corrected chi connectivity index (χ0v) is 8.48. The van der Waals surface area contributed by atoms with Crippen LogP contribution in [0.5, 0.6) is 0 Å². The minimum atomic E-state index is 0.740. The highest BCUT2D eigenvalue weighted by Gasteiger charge is 2.45. The van der Waals surface area contributed by atoms with Crippen molar-refractivity contribution in [1.29, 1.82) is 0 Å². The molecule has 1 fully saturated rings. The van der Waals surface area contributed by atoms with Gasteiger partial charge in [-0.15, -0.1) is 0 Å². The molecule has 0 aromatic heterocycles. The largest absolute Gasteiger partial charge is 0.0651 e. The Hall–Kier alpha value is 0. The standard InChI is InChI=1S/C11H22/c1-5-9(2)6-7-11(4)8-10(11)3/h9-10H,5-8H2,1-4H3. The molecule has 66 valence electrons. The van der Waals surface area contributed by atoms with Crippen molar-refractivity contribution in [3.05, 3.63) is 0 Å². The molecule has 0 saturated heterocycles. The summed E-state index contributed by atoms with van der Waals surface area (Å²) in [5.41, 5.74) is 0.740. The minimum absolute atomic E-state index is 0.740. The van der Waals surface area contributed by atoms with Gasteiger partial charge in [0.25, 0.3) is 0 Å². The number of hydrogen-bond donors (Lipinski definition) is 0. The van der Waals surface area contributed by atoms with Gasteiger partial charge in [0.1, 0.15) is 0 Å². The summed E-state index contributed by atoms with van der Waals surface area (Å²) in [5.74, 6) is 1.95. The average Bonchev–Trinajstić information content (AvgIpc) is 2.56. The lowest BCUT2D eigenvalue weighted by Crippen LogP contribution is -2.00. The molecule has 0 nitrogen and oxygen atoms in total. The summed E-state index contributed by atoms with van der Waals surface area (Å²) in [5, 5.41) is 0. The maximum absolute atomic E-state index is 2.44. The Morgan fingerprint density at radius 1 is 1.55 bits per heavy atom. The molecule has 1 rings (SSSR count). The molecule has 0 N–H and O–H groups in total. The SMILES string of the molecule is CCC(C)CCC1(C)CC1C. The Kier molecular flexibility index (Phi) is 2.61. The van der Waals surface area contributed by atoms with Gasteiger partial charge < -0.3 is 0 Å². The highest BCUT2D eigenvalue weighted by molar-refractivity contribution is 4.95. The second kappa shape index (κ2) is 3.16. The summed E-state index contributed by atoms with van der Waals surface area (Å²) < 4.78 is 0. The van der Waals surface area contributed by atoms with Crippen LogP contribution < -0.4 is 0 Å². The summed E-state index contributed by atoms with van der Waals surface area (Å²) in [4.78, 5) is 0. The fraction of sp³-hybridized carbons (Fsp3) is 1.00. The molecule has 0 aromatic carbocycles. The molecule has 0 aromatic rings. The predicted octanol–water partition coefficient (Wildman–Crippen LogP) is 3.86. The van der Waals surface area contributed by atoms with Crippen LogP contribution in [0.3, 0.4) is 0 Å². The third-order valence-corrected chi connectivity index (χ3v) is 3.71. The zero-order valence-electron chi connectivity index (χ0n) is 8.48. The molecule has 3 unspecified atom stereocenters. The molecule has 0 aliphatic heterocycles. The van der Waals surface area contributed by atoms with E-state index < -0.39 is 0 Å². The van der Waals surface area contributed by atoms with Crippen molar-refractivity contribution in [3.63, 3.8) is 0 Å². The van der Waals surface area contributed by atoms with Gasteiger partial charge in [-0.1, -0.05) is 40.5 Å². The maximum Gasteiger partial charge on any atom is -0.0297 e. The number of hydrogen-bond acceptors (Lipinski definition) is 0. The van der Waals surface area contributed by atoms with E-state index in [1.165, 1.54) is 25.7 Å². The van der Waals surface area contributed by atoms with E-state index in [0.29, 0.717) is 0 Å². The minimum Gasteiger partial charge on any atom is -0.0651 e. The third-order valence-electron chi connectivity index (χ3n) is 3.71. The Labute approximate surface area is 71.4 Å². The molecule has 0 heterocycles. The zero-order chi connectivity index (χ0) is 8.48. The van der Waals surface area contributed by atoms with Gasteiger partial charge >= 0.3 is 0 Å². The van der Waals surface area contributed by atoms with Crippen LogP contribution in [0.1, 0.15) is 53.4 Å². The van der Waals surface area contributed by atoms with Crippen molar-refractivity contribution in [3.8, 4) is 0 Å². The highest BCUT2D eigenvalue weighted by atomic mass is 14.5. The fourth-order valence-electron chi connectivity index (χ4n) is 1.77. The van der Waals surface area contributed by atoms with E-state index in [0.717, 1.165) is 17.3 Å². The molecule has 0 radical (unpaired) electrons. The Morgan fingerprint density at radius 2 is 2.09 bits per heavy atom. The van der Waals surface area contributed by atoms with E-state index in [1.54, 1.807) is 0 Å². The van der Waals surface area contributed by atoms with Crippen molar-refractivity contribution in [2.24, 2.45) is 17.3 Å². The van der Waals surface area contributed by atoms with E-state index in [2.05, 4.69) is 27.7 Å². The normalized spacial score (nSPS) is 38.7. The van der Waals surface area contributed by atoms with E-state index in [4.69, 9.17) is 0 Å². The van der Waals surface area contributed by atoms with Crippen molar-refractivity contribution in [2.45, 2.75) is 53.4 Å². The lowest BCUT2D eigenvalue weighted by atomic mass is 9.93. The molecule has 3 atom stereocenters. The van der Waals surface area contributed by atoms with Gasteiger partial charge in [-0.05, 0) is 30.1 Å². The van der Waals surface area contributed by atoms with Gasteiger partial charge in [0.15, 0.2) is 0 Å². The van der Waals surface area contributed by atoms with Crippen molar-refractivity contribution < 1.29 is 0 Å². The Morgan fingerprint density at radius 3 is 2.45 bits per heavy atom. The Balaban J connectivity index is 2.13. The van der Waals surface area contributed by atoms with Crippen molar-refractivity contribution >= 4 is 0 Å². The third kappa shape index (κ3) is 2.21. The molecule has 0 heteroatoms. The van der Waals surface area contributed by atoms with Crippen LogP contribution >= 0.6 is 0 Å². The summed E-state index contributed by atoms with van der Waals surface area (Å²) in [6.07, 6.45) is 5.73. The van der Waals surface area contributed by atoms with Crippen molar-refractivity contribution in [2.75, 3.05) is 0 Å². The van der Waals surface area contributed by atoms with E-state index in [1.807, 2.05) is 0 Å². The molecular formula is C11H22. The second-order valence-corrected chi connectivity index (χ2v) is 4.81.